The summed E-state index contributed by atoms with van der Waals surface area (Å²) in [5.74, 6) is -2.46. The number of esters is 2. The molecule has 0 spiro atoms. The molecule has 1 saturated heterocycles. The van der Waals surface area contributed by atoms with Gasteiger partial charge in [0, 0.05) is 39.3 Å². The number of nitrogens with zero attached hydrogens (tertiary/aromatic N) is 1. The van der Waals surface area contributed by atoms with Crippen molar-refractivity contribution in [3.8, 4) is 0 Å². The maximum atomic E-state index is 12.0. The first-order valence-electron chi connectivity index (χ1n) is 20.0. The molecule has 0 saturated carbocycles. The van der Waals surface area contributed by atoms with E-state index in [-0.39, 0.29) is 118 Å². The van der Waals surface area contributed by atoms with E-state index in [0.717, 1.165) is 38.5 Å². The average Bonchev–Trinajstić information content (AvgIpc) is 3.19. The summed E-state index contributed by atoms with van der Waals surface area (Å²) in [5, 5.41) is 10.4. The van der Waals surface area contributed by atoms with Gasteiger partial charge in [0.15, 0.2) is 0 Å². The number of nitrogens with one attached hydrogen (secondary N) is 4. The SMILES string of the molecule is CC(=O)CN1CCOC(=O)COCC(=O)NCCOCCOCCNC(=O)OCCCCCCCCOC(=O)NCCOCCOCCNC(=O)COCC(=O)OCC1. The Bertz CT molecular complexity index is 1100. The van der Waals surface area contributed by atoms with Gasteiger partial charge in [0.25, 0.3) is 0 Å². The molecule has 0 radical (unpaired) electrons. The van der Waals surface area contributed by atoms with E-state index in [2.05, 4.69) is 21.3 Å². The summed E-state index contributed by atoms with van der Waals surface area (Å²) in [6, 6.07) is 0. The third-order valence-corrected chi connectivity index (χ3v) is 7.61. The summed E-state index contributed by atoms with van der Waals surface area (Å²) in [6.07, 6.45) is 4.24. The maximum absolute atomic E-state index is 12.0. The van der Waals surface area contributed by atoms with E-state index in [1.54, 1.807) is 4.90 Å². The third-order valence-electron chi connectivity index (χ3n) is 7.61. The molecule has 0 unspecified atom stereocenters. The van der Waals surface area contributed by atoms with Gasteiger partial charge in [-0.1, -0.05) is 25.7 Å². The fourth-order valence-corrected chi connectivity index (χ4v) is 4.76. The van der Waals surface area contributed by atoms with Crippen LogP contribution in [0.1, 0.15) is 45.4 Å². The molecule has 0 bridgehead atoms. The second kappa shape index (κ2) is 38.0. The van der Waals surface area contributed by atoms with E-state index < -0.39 is 49.2 Å². The molecule has 0 atom stereocenters. The summed E-state index contributed by atoms with van der Waals surface area (Å²) >= 11 is 0. The molecule has 0 aromatic rings. The molecule has 1 aliphatic rings. The standard InChI is InChI=1S/C37H65N5O17/c1-31(43)26-42-12-20-56-34(46)29-54-27-32(44)38-8-16-50-22-24-52-18-10-40-36(48)58-14-6-4-2-3-5-7-15-59-37(49)41-11-19-53-25-23-51-17-9-39-33(45)28-55-30-35(47)57-21-13-42/h2-30H2,1H3,(H,38,44)(H,39,45)(H,40,48)(H,41,49). The number of ether oxygens (including phenoxy) is 10. The van der Waals surface area contributed by atoms with Crippen LogP contribution in [0.2, 0.25) is 0 Å². The van der Waals surface area contributed by atoms with Crippen molar-refractivity contribution >= 4 is 41.7 Å². The van der Waals surface area contributed by atoms with E-state index in [1.807, 2.05) is 0 Å². The number of carbonyl (C=O) groups excluding carboxylic acids is 7. The average molecular weight is 852 g/mol. The van der Waals surface area contributed by atoms with Crippen LogP contribution in [0, 0.1) is 0 Å². The number of rotatable bonds is 2. The number of alkyl carbamates (subject to hydrolysis) is 2. The Morgan fingerprint density at radius 3 is 1.20 bits per heavy atom. The zero-order chi connectivity index (χ0) is 43.0. The van der Waals surface area contributed by atoms with Crippen molar-refractivity contribution in [1.29, 1.82) is 0 Å². The van der Waals surface area contributed by atoms with Crippen LogP contribution in [-0.2, 0) is 71.3 Å². The number of carbonyl (C=O) groups is 7. The van der Waals surface area contributed by atoms with Crippen molar-refractivity contribution < 1.29 is 80.9 Å². The van der Waals surface area contributed by atoms with Crippen molar-refractivity contribution in [2.75, 3.05) is 152 Å². The minimum absolute atomic E-state index is 0.0286. The number of hydrogen-bond donors (Lipinski definition) is 4. The van der Waals surface area contributed by atoms with Crippen LogP contribution in [-0.4, -0.2) is 198 Å². The summed E-state index contributed by atoms with van der Waals surface area (Å²) < 4.78 is 52.3. The van der Waals surface area contributed by atoms with Gasteiger partial charge in [-0.2, -0.15) is 0 Å². The van der Waals surface area contributed by atoms with Gasteiger partial charge in [0.2, 0.25) is 11.8 Å². The quantitative estimate of drug-likeness (QED) is 0.194. The molecule has 0 aromatic heterocycles. The molecule has 0 aliphatic carbocycles. The zero-order valence-corrected chi connectivity index (χ0v) is 34.4. The van der Waals surface area contributed by atoms with Crippen LogP contribution in [0.5, 0.6) is 0 Å². The monoisotopic (exact) mass is 851 g/mol. The van der Waals surface area contributed by atoms with Crippen LogP contribution in [0.3, 0.4) is 0 Å². The van der Waals surface area contributed by atoms with E-state index in [0.29, 0.717) is 26.4 Å². The first-order valence-corrected chi connectivity index (χ1v) is 20.0. The highest BCUT2D eigenvalue weighted by molar-refractivity contribution is 5.78. The lowest BCUT2D eigenvalue weighted by Crippen LogP contribution is -2.36. The third kappa shape index (κ3) is 36.6. The van der Waals surface area contributed by atoms with E-state index in [1.165, 1.54) is 6.92 Å². The first-order chi connectivity index (χ1) is 28.7. The van der Waals surface area contributed by atoms with E-state index in [9.17, 15) is 33.6 Å². The van der Waals surface area contributed by atoms with E-state index in [4.69, 9.17) is 47.4 Å². The Morgan fingerprint density at radius 1 is 0.441 bits per heavy atom. The van der Waals surface area contributed by atoms with Gasteiger partial charge in [-0.05, 0) is 19.8 Å². The number of hydrogen-bond acceptors (Lipinski definition) is 18. The second-order valence-corrected chi connectivity index (χ2v) is 12.8. The van der Waals surface area contributed by atoms with Gasteiger partial charge in [0.05, 0.1) is 72.6 Å². The predicted molar refractivity (Wildman–Crippen MR) is 206 cm³/mol. The Balaban J connectivity index is 2.37. The highest BCUT2D eigenvalue weighted by Gasteiger charge is 2.13. The normalized spacial score (nSPS) is 21.4. The smallest absolute Gasteiger partial charge is 0.407 e. The Morgan fingerprint density at radius 2 is 0.814 bits per heavy atom. The Hall–Kier alpha value is -4.19. The molecule has 1 heterocycles. The van der Waals surface area contributed by atoms with Gasteiger partial charge in [0.1, 0.15) is 45.4 Å². The van der Waals surface area contributed by atoms with Crippen molar-refractivity contribution in [2.24, 2.45) is 0 Å². The number of ketones is 1. The first kappa shape index (κ1) is 52.8. The number of amides is 4. The molecule has 22 heteroatoms. The number of cyclic esters (lactones) is 4. The molecule has 59 heavy (non-hydrogen) atoms. The highest BCUT2D eigenvalue weighted by atomic mass is 16.6. The van der Waals surface area contributed by atoms with Crippen LogP contribution in [0.4, 0.5) is 9.59 Å². The molecular weight excluding hydrogens is 786 g/mol. The van der Waals surface area contributed by atoms with Crippen LogP contribution in [0.15, 0.2) is 0 Å². The maximum Gasteiger partial charge on any atom is 0.407 e. The molecular formula is C37H65N5O17. The fourth-order valence-electron chi connectivity index (χ4n) is 4.76. The minimum atomic E-state index is -0.705. The van der Waals surface area contributed by atoms with Crippen molar-refractivity contribution in [3.63, 3.8) is 0 Å². The van der Waals surface area contributed by atoms with Gasteiger partial charge in [-0.15, -0.1) is 0 Å². The Labute approximate surface area is 345 Å². The molecule has 4 N–H and O–H groups in total. The lowest BCUT2D eigenvalue weighted by Gasteiger charge is -2.20. The predicted octanol–water partition coefficient (Wildman–Crippen LogP) is -0.898. The van der Waals surface area contributed by atoms with Crippen molar-refractivity contribution in [2.45, 2.75) is 45.4 Å². The molecule has 1 rings (SSSR count). The summed E-state index contributed by atoms with van der Waals surface area (Å²) in [7, 11) is 0. The van der Waals surface area contributed by atoms with Crippen LogP contribution < -0.4 is 21.3 Å². The molecule has 22 nitrogen and oxygen atoms in total. The lowest BCUT2D eigenvalue weighted by atomic mass is 10.1. The van der Waals surface area contributed by atoms with Gasteiger partial charge < -0.3 is 68.6 Å². The summed E-state index contributed by atoms with van der Waals surface area (Å²) in [5.41, 5.74) is 0. The molecule has 0 aromatic carbocycles. The van der Waals surface area contributed by atoms with Crippen molar-refractivity contribution in [1.82, 2.24) is 26.2 Å². The van der Waals surface area contributed by atoms with E-state index >= 15 is 0 Å². The van der Waals surface area contributed by atoms with Crippen molar-refractivity contribution in [3.05, 3.63) is 0 Å². The van der Waals surface area contributed by atoms with Crippen LogP contribution >= 0.6 is 0 Å². The number of Topliss-reactive ketones (excluding diaryl/α,β-unsaturated/α-hetero) is 1. The van der Waals surface area contributed by atoms with Gasteiger partial charge >= 0.3 is 24.1 Å². The fraction of sp³-hybridized carbons (Fsp3) is 0.811. The summed E-state index contributed by atoms with van der Waals surface area (Å²) in [4.78, 5) is 84.9. The molecule has 1 fully saturated rings. The second-order valence-electron chi connectivity index (χ2n) is 12.8. The highest BCUT2D eigenvalue weighted by Crippen LogP contribution is 2.06. The van der Waals surface area contributed by atoms with Gasteiger partial charge in [-0.25, -0.2) is 19.2 Å². The summed E-state index contributed by atoms with van der Waals surface area (Å²) in [6.45, 7) is 3.73. The molecule has 4 amide bonds. The largest absolute Gasteiger partial charge is 0.463 e. The molecule has 340 valence electrons. The van der Waals surface area contributed by atoms with Gasteiger partial charge in [-0.3, -0.25) is 19.3 Å². The molecule has 1 aliphatic heterocycles. The lowest BCUT2D eigenvalue weighted by molar-refractivity contribution is -0.150. The van der Waals surface area contributed by atoms with Crippen LogP contribution in [0.25, 0.3) is 0 Å². The zero-order valence-electron chi connectivity index (χ0n) is 34.4. The Kier molecular flexibility index (Phi) is 34.1. The topological polar surface area (TPSA) is 263 Å². The minimum Gasteiger partial charge on any atom is -0.463 e.